The van der Waals surface area contributed by atoms with E-state index >= 15 is 0 Å². The van der Waals surface area contributed by atoms with Gasteiger partial charge in [-0.3, -0.25) is 0 Å². The maximum atomic E-state index is 8.71. The summed E-state index contributed by atoms with van der Waals surface area (Å²) in [4.78, 5) is 5.63. The van der Waals surface area contributed by atoms with Crippen LogP contribution in [0.1, 0.15) is 21.8 Å². The zero-order chi connectivity index (χ0) is 12.4. The van der Waals surface area contributed by atoms with E-state index in [9.17, 15) is 0 Å². The lowest BCUT2D eigenvalue weighted by molar-refractivity contribution is 1.14. The molecular weight excluding hydrogens is 228 g/mol. The monoisotopic (exact) mass is 242 g/mol. The van der Waals surface area contributed by atoms with Crippen molar-refractivity contribution in [1.82, 2.24) is 4.98 Å². The van der Waals surface area contributed by atoms with Crippen molar-refractivity contribution in [1.29, 1.82) is 5.26 Å². The predicted octanol–water partition coefficient (Wildman–Crippen LogP) is 3.80. The van der Waals surface area contributed by atoms with Crippen LogP contribution in [0, 0.1) is 32.1 Å². The summed E-state index contributed by atoms with van der Waals surface area (Å²) in [5.41, 5.74) is 4.77. The average Bonchev–Trinajstić information content (AvgIpc) is 2.64. The molecule has 0 aliphatic rings. The van der Waals surface area contributed by atoms with Crippen LogP contribution >= 0.6 is 11.3 Å². The van der Waals surface area contributed by atoms with Gasteiger partial charge in [0, 0.05) is 0 Å². The van der Waals surface area contributed by atoms with Gasteiger partial charge in [0.05, 0.1) is 23.1 Å². The van der Waals surface area contributed by atoms with Crippen LogP contribution in [-0.4, -0.2) is 4.98 Å². The fraction of sp³-hybridized carbons (Fsp3) is 0.286. The van der Waals surface area contributed by atoms with Gasteiger partial charge in [-0.05, 0) is 31.9 Å². The van der Waals surface area contributed by atoms with E-state index in [0.717, 1.165) is 10.7 Å². The molecule has 1 aromatic heterocycles. The summed E-state index contributed by atoms with van der Waals surface area (Å²) >= 11 is 1.63. The minimum absolute atomic E-state index is 0.399. The van der Waals surface area contributed by atoms with Gasteiger partial charge in [0.1, 0.15) is 5.01 Å². The number of hydrogen-bond donors (Lipinski definition) is 0. The third-order valence-electron chi connectivity index (χ3n) is 2.71. The minimum Gasteiger partial charge on any atom is -0.245 e. The maximum Gasteiger partial charge on any atom is 0.108 e. The Morgan fingerprint density at radius 2 is 2.06 bits per heavy atom. The van der Waals surface area contributed by atoms with Crippen LogP contribution in [0.2, 0.25) is 0 Å². The normalized spacial score (nSPS) is 10.2. The first-order valence-corrected chi connectivity index (χ1v) is 6.34. The van der Waals surface area contributed by atoms with E-state index in [-0.39, 0.29) is 0 Å². The Hall–Kier alpha value is -1.66. The lowest BCUT2D eigenvalue weighted by atomic mass is 10.0. The first-order valence-electron chi connectivity index (χ1n) is 5.52. The number of thiazole rings is 1. The molecule has 1 heterocycles. The topological polar surface area (TPSA) is 36.7 Å². The predicted molar refractivity (Wildman–Crippen MR) is 71.1 cm³/mol. The Kier molecular flexibility index (Phi) is 3.26. The van der Waals surface area contributed by atoms with Gasteiger partial charge in [-0.15, -0.1) is 11.3 Å². The quantitative estimate of drug-likeness (QED) is 0.803. The second-order valence-corrected chi connectivity index (χ2v) is 5.26. The van der Waals surface area contributed by atoms with Crippen LogP contribution in [0.4, 0.5) is 0 Å². The molecule has 2 nitrogen and oxygen atoms in total. The van der Waals surface area contributed by atoms with E-state index in [2.05, 4.69) is 43.1 Å². The summed E-state index contributed by atoms with van der Waals surface area (Å²) in [6.45, 7) is 6.21. The Balaban J connectivity index is 2.53. The van der Waals surface area contributed by atoms with Gasteiger partial charge in [-0.25, -0.2) is 4.98 Å². The number of nitriles is 1. The molecule has 1 aromatic carbocycles. The van der Waals surface area contributed by atoms with E-state index in [4.69, 9.17) is 5.26 Å². The number of nitrogens with zero attached hydrogens (tertiary/aromatic N) is 2. The van der Waals surface area contributed by atoms with Crippen LogP contribution in [0.25, 0.3) is 10.4 Å². The summed E-state index contributed by atoms with van der Waals surface area (Å²) in [5, 5.41) is 9.61. The zero-order valence-corrected chi connectivity index (χ0v) is 11.1. The second-order valence-electron chi connectivity index (χ2n) is 4.18. The van der Waals surface area contributed by atoms with E-state index in [0.29, 0.717) is 6.42 Å². The molecule has 2 aromatic rings. The van der Waals surface area contributed by atoms with Crippen LogP contribution in [0.15, 0.2) is 18.2 Å². The fourth-order valence-corrected chi connectivity index (χ4v) is 2.90. The molecular formula is C14H14N2S. The number of hydrogen-bond acceptors (Lipinski definition) is 3. The summed E-state index contributed by atoms with van der Waals surface area (Å²) in [7, 11) is 0. The first kappa shape index (κ1) is 11.8. The Morgan fingerprint density at radius 1 is 1.29 bits per heavy atom. The van der Waals surface area contributed by atoms with Crippen LogP contribution in [0.5, 0.6) is 0 Å². The smallest absolute Gasteiger partial charge is 0.108 e. The maximum absolute atomic E-state index is 8.71. The highest BCUT2D eigenvalue weighted by Gasteiger charge is 2.11. The largest absolute Gasteiger partial charge is 0.245 e. The Bertz CT molecular complexity index is 591. The van der Waals surface area contributed by atoms with Crippen molar-refractivity contribution in [2.75, 3.05) is 0 Å². The van der Waals surface area contributed by atoms with Gasteiger partial charge in [0.25, 0.3) is 0 Å². The minimum atomic E-state index is 0.399. The van der Waals surface area contributed by atoms with Gasteiger partial charge in [-0.2, -0.15) is 5.26 Å². The van der Waals surface area contributed by atoms with Gasteiger partial charge >= 0.3 is 0 Å². The third kappa shape index (κ3) is 2.37. The standard InChI is InChI=1S/C14H14N2S/c1-9-4-5-10(2)12(8-9)14-11(3)16-13(17-14)6-7-15/h4-5,8H,6H2,1-3H3. The number of aryl methyl sites for hydroxylation is 3. The van der Waals surface area contributed by atoms with Crippen molar-refractivity contribution in [2.45, 2.75) is 27.2 Å². The molecule has 17 heavy (non-hydrogen) atoms. The average molecular weight is 242 g/mol. The Morgan fingerprint density at radius 3 is 2.76 bits per heavy atom. The number of aromatic nitrogens is 1. The van der Waals surface area contributed by atoms with Crippen molar-refractivity contribution >= 4 is 11.3 Å². The molecule has 0 saturated carbocycles. The highest BCUT2D eigenvalue weighted by Crippen LogP contribution is 2.32. The molecule has 0 amide bonds. The summed E-state index contributed by atoms with van der Waals surface area (Å²) < 4.78 is 0. The van der Waals surface area contributed by atoms with Gasteiger partial charge in [-0.1, -0.05) is 23.8 Å². The number of benzene rings is 1. The van der Waals surface area contributed by atoms with Crippen LogP contribution < -0.4 is 0 Å². The molecule has 86 valence electrons. The second kappa shape index (κ2) is 4.68. The highest BCUT2D eigenvalue weighted by atomic mass is 32.1. The molecule has 0 atom stereocenters. The van der Waals surface area contributed by atoms with Gasteiger partial charge < -0.3 is 0 Å². The summed E-state index contributed by atoms with van der Waals surface area (Å²) in [6.07, 6.45) is 0.399. The molecule has 0 aliphatic heterocycles. The van der Waals surface area contributed by atoms with Crippen LogP contribution in [-0.2, 0) is 6.42 Å². The molecule has 3 heteroatoms. The third-order valence-corrected chi connectivity index (χ3v) is 3.90. The molecule has 0 spiro atoms. The van der Waals surface area contributed by atoms with Crippen molar-refractivity contribution in [3.63, 3.8) is 0 Å². The van der Waals surface area contributed by atoms with Crippen molar-refractivity contribution in [2.24, 2.45) is 0 Å². The van der Waals surface area contributed by atoms with Gasteiger partial charge in [0.15, 0.2) is 0 Å². The van der Waals surface area contributed by atoms with E-state index in [1.54, 1.807) is 11.3 Å². The van der Waals surface area contributed by atoms with E-state index in [1.807, 2.05) is 6.92 Å². The summed E-state index contributed by atoms with van der Waals surface area (Å²) in [6, 6.07) is 8.59. The molecule has 0 radical (unpaired) electrons. The van der Waals surface area contributed by atoms with Crippen LogP contribution in [0.3, 0.4) is 0 Å². The zero-order valence-electron chi connectivity index (χ0n) is 10.2. The molecule has 0 unspecified atom stereocenters. The summed E-state index contributed by atoms with van der Waals surface area (Å²) in [5.74, 6) is 0. The highest BCUT2D eigenvalue weighted by molar-refractivity contribution is 7.15. The van der Waals surface area contributed by atoms with Crippen molar-refractivity contribution in [3.8, 4) is 16.5 Å². The number of rotatable bonds is 2. The van der Waals surface area contributed by atoms with Crippen molar-refractivity contribution < 1.29 is 0 Å². The first-order chi connectivity index (χ1) is 8.11. The fourth-order valence-electron chi connectivity index (χ4n) is 1.83. The molecule has 0 bridgehead atoms. The lowest BCUT2D eigenvalue weighted by Crippen LogP contribution is -1.84. The SMILES string of the molecule is Cc1ccc(C)c(-c2sc(CC#N)nc2C)c1. The molecule has 0 N–H and O–H groups in total. The molecule has 2 rings (SSSR count). The lowest BCUT2D eigenvalue weighted by Gasteiger charge is -2.05. The molecule has 0 saturated heterocycles. The molecule has 0 aliphatic carbocycles. The molecule has 0 fully saturated rings. The van der Waals surface area contributed by atoms with Gasteiger partial charge in [0.2, 0.25) is 0 Å². The Labute approximate surface area is 106 Å². The van der Waals surface area contributed by atoms with Crippen molar-refractivity contribution in [3.05, 3.63) is 40.0 Å². The van der Waals surface area contributed by atoms with E-state index < -0.39 is 0 Å². The van der Waals surface area contributed by atoms with E-state index in [1.165, 1.54) is 21.6 Å².